The third-order valence-corrected chi connectivity index (χ3v) is 7.21. The average Bonchev–Trinajstić information content (AvgIpc) is 2.70. The number of nitrogens with zero attached hydrogens (tertiary/aromatic N) is 2. The molecule has 2 heteroatoms. The molecular formula is C27H44N2. The Hall–Kier alpha value is -1.33. The predicted octanol–water partition coefficient (Wildman–Crippen LogP) is 7.08. The van der Waals surface area contributed by atoms with E-state index in [2.05, 4.69) is 76.9 Å². The Bertz CT molecular complexity index is 641. The van der Waals surface area contributed by atoms with Gasteiger partial charge in [-0.25, -0.2) is 0 Å². The molecule has 0 radical (unpaired) electrons. The van der Waals surface area contributed by atoms with Crippen molar-refractivity contribution in [3.05, 3.63) is 35.4 Å². The van der Waals surface area contributed by atoms with Crippen LogP contribution in [0.1, 0.15) is 97.1 Å². The van der Waals surface area contributed by atoms with E-state index in [1.165, 1.54) is 56.2 Å². The van der Waals surface area contributed by atoms with Crippen LogP contribution in [-0.2, 0) is 10.8 Å². The van der Waals surface area contributed by atoms with Gasteiger partial charge in [-0.2, -0.15) is 5.26 Å². The molecule has 1 fully saturated rings. The molecule has 2 rings (SSSR count). The number of rotatable bonds is 9. The smallest absolute Gasteiger partial charge is 0.0845 e. The van der Waals surface area contributed by atoms with Gasteiger partial charge in [0.1, 0.15) is 0 Å². The fourth-order valence-corrected chi connectivity index (χ4v) is 4.90. The minimum atomic E-state index is -0.388. The Morgan fingerprint density at radius 1 is 1.00 bits per heavy atom. The van der Waals surface area contributed by atoms with E-state index >= 15 is 0 Å². The highest BCUT2D eigenvalue weighted by atomic mass is 15.1. The molecule has 1 atom stereocenters. The van der Waals surface area contributed by atoms with Crippen LogP contribution in [0.5, 0.6) is 0 Å². The van der Waals surface area contributed by atoms with E-state index in [1.54, 1.807) is 0 Å². The first kappa shape index (κ1) is 23.9. The van der Waals surface area contributed by atoms with Gasteiger partial charge in [-0.05, 0) is 67.8 Å². The van der Waals surface area contributed by atoms with Gasteiger partial charge in [0, 0.05) is 0 Å². The van der Waals surface area contributed by atoms with Gasteiger partial charge < -0.3 is 4.90 Å². The van der Waals surface area contributed by atoms with Gasteiger partial charge in [-0.1, -0.05) is 91.0 Å². The Kier molecular flexibility index (Phi) is 8.77. The first-order valence-electron chi connectivity index (χ1n) is 11.9. The molecule has 0 saturated heterocycles. The number of hydrogen-bond donors (Lipinski definition) is 0. The molecule has 1 aliphatic carbocycles. The van der Waals surface area contributed by atoms with Crippen molar-refractivity contribution in [2.45, 2.75) is 96.8 Å². The van der Waals surface area contributed by atoms with Gasteiger partial charge in [0.2, 0.25) is 0 Å². The molecule has 1 aromatic rings. The summed E-state index contributed by atoms with van der Waals surface area (Å²) in [6.07, 6.45) is 10.5. The molecule has 29 heavy (non-hydrogen) atoms. The summed E-state index contributed by atoms with van der Waals surface area (Å²) in [5.74, 6) is 1.25. The summed E-state index contributed by atoms with van der Waals surface area (Å²) in [7, 11) is 2.25. The van der Waals surface area contributed by atoms with E-state index in [-0.39, 0.29) is 10.8 Å². The van der Waals surface area contributed by atoms with Gasteiger partial charge >= 0.3 is 0 Å². The summed E-state index contributed by atoms with van der Waals surface area (Å²) in [5, 5.41) is 10.2. The van der Waals surface area contributed by atoms with Gasteiger partial charge in [-0.3, -0.25) is 0 Å². The lowest BCUT2D eigenvalue weighted by Crippen LogP contribution is -2.32. The maximum atomic E-state index is 10.2. The third-order valence-electron chi connectivity index (χ3n) is 7.21. The summed E-state index contributed by atoms with van der Waals surface area (Å²) in [5.41, 5.74) is 2.28. The average molecular weight is 397 g/mol. The summed E-state index contributed by atoms with van der Waals surface area (Å²) >= 11 is 0. The summed E-state index contributed by atoms with van der Waals surface area (Å²) in [6, 6.07) is 11.6. The topological polar surface area (TPSA) is 27.0 Å². The quantitative estimate of drug-likeness (QED) is 0.446. The van der Waals surface area contributed by atoms with Gasteiger partial charge in [0.25, 0.3) is 0 Å². The van der Waals surface area contributed by atoms with Crippen molar-refractivity contribution in [1.29, 1.82) is 5.26 Å². The van der Waals surface area contributed by atoms with E-state index in [0.29, 0.717) is 5.92 Å². The molecule has 0 spiro atoms. The van der Waals surface area contributed by atoms with Crippen LogP contribution in [0.3, 0.4) is 0 Å². The molecule has 1 aliphatic rings. The Labute approximate surface area is 180 Å². The molecule has 0 aliphatic heterocycles. The fourth-order valence-electron chi connectivity index (χ4n) is 4.90. The highest BCUT2D eigenvalue weighted by Crippen LogP contribution is 2.37. The molecule has 0 heterocycles. The van der Waals surface area contributed by atoms with Crippen LogP contribution in [0.25, 0.3) is 0 Å². The van der Waals surface area contributed by atoms with Crippen molar-refractivity contribution >= 4 is 0 Å². The number of nitriles is 1. The second-order valence-electron chi connectivity index (χ2n) is 10.8. The van der Waals surface area contributed by atoms with Gasteiger partial charge in [-0.15, -0.1) is 0 Å². The molecule has 0 bridgehead atoms. The highest BCUT2D eigenvalue weighted by molar-refractivity contribution is 5.37. The summed E-state index contributed by atoms with van der Waals surface area (Å²) in [4.78, 5) is 2.49. The maximum Gasteiger partial charge on any atom is 0.0845 e. The van der Waals surface area contributed by atoms with Crippen LogP contribution in [0.15, 0.2) is 24.3 Å². The fraction of sp³-hybridized carbons (Fsp3) is 0.741. The molecule has 162 valence electrons. The van der Waals surface area contributed by atoms with Crippen LogP contribution in [0.4, 0.5) is 0 Å². The zero-order valence-corrected chi connectivity index (χ0v) is 19.9. The lowest BCUT2D eigenvalue weighted by atomic mass is 9.69. The molecule has 1 unspecified atom stereocenters. The van der Waals surface area contributed by atoms with Crippen molar-refractivity contribution < 1.29 is 0 Å². The molecule has 2 nitrogen and oxygen atoms in total. The number of benzene rings is 1. The Morgan fingerprint density at radius 2 is 1.59 bits per heavy atom. The van der Waals surface area contributed by atoms with Crippen molar-refractivity contribution in [2.24, 2.45) is 11.8 Å². The predicted molar refractivity (Wildman–Crippen MR) is 125 cm³/mol. The van der Waals surface area contributed by atoms with Crippen molar-refractivity contribution in [3.8, 4) is 6.07 Å². The summed E-state index contributed by atoms with van der Waals surface area (Å²) < 4.78 is 0. The van der Waals surface area contributed by atoms with Gasteiger partial charge in [0.15, 0.2) is 0 Å². The Morgan fingerprint density at radius 3 is 2.10 bits per heavy atom. The molecule has 0 aromatic heterocycles. The second kappa shape index (κ2) is 10.6. The third kappa shape index (κ3) is 6.58. The lowest BCUT2D eigenvalue weighted by Gasteiger charge is -2.33. The van der Waals surface area contributed by atoms with Crippen LogP contribution in [0.2, 0.25) is 0 Å². The zero-order valence-electron chi connectivity index (χ0n) is 19.9. The minimum absolute atomic E-state index is 0.146. The normalized spacial score (nSPS) is 18.0. The Balaban J connectivity index is 1.95. The number of hydrogen-bond acceptors (Lipinski definition) is 2. The first-order chi connectivity index (χ1) is 13.7. The van der Waals surface area contributed by atoms with Crippen molar-refractivity contribution in [2.75, 3.05) is 20.1 Å². The van der Waals surface area contributed by atoms with E-state index in [9.17, 15) is 5.26 Å². The SMILES string of the molecule is CC(C)C(C#N)(CCCN(C)CCC1CCCCC1)c1ccc(C(C)(C)C)cc1. The highest BCUT2D eigenvalue weighted by Gasteiger charge is 2.35. The lowest BCUT2D eigenvalue weighted by molar-refractivity contribution is 0.251. The first-order valence-corrected chi connectivity index (χ1v) is 11.9. The van der Waals surface area contributed by atoms with E-state index in [0.717, 1.165) is 25.3 Å². The molecular weight excluding hydrogens is 352 g/mol. The van der Waals surface area contributed by atoms with Gasteiger partial charge in [0.05, 0.1) is 11.5 Å². The maximum absolute atomic E-state index is 10.2. The van der Waals surface area contributed by atoms with Crippen LogP contribution in [0, 0.1) is 23.2 Å². The molecule has 0 N–H and O–H groups in total. The standard InChI is InChI=1S/C27H44N2/c1-22(2)27(21-28,25-15-13-24(14-16-25)26(3,4)5)18-10-19-29(6)20-17-23-11-8-7-9-12-23/h13-16,22-23H,7-12,17-20H2,1-6H3. The van der Waals surface area contributed by atoms with Crippen LogP contribution in [-0.4, -0.2) is 25.0 Å². The molecule has 1 aromatic carbocycles. The zero-order chi connectivity index (χ0) is 21.5. The monoisotopic (exact) mass is 396 g/mol. The van der Waals surface area contributed by atoms with Crippen LogP contribution < -0.4 is 0 Å². The van der Waals surface area contributed by atoms with E-state index < -0.39 is 0 Å². The van der Waals surface area contributed by atoms with Crippen LogP contribution >= 0.6 is 0 Å². The van der Waals surface area contributed by atoms with Crippen molar-refractivity contribution in [3.63, 3.8) is 0 Å². The minimum Gasteiger partial charge on any atom is -0.306 e. The van der Waals surface area contributed by atoms with E-state index in [4.69, 9.17) is 0 Å². The second-order valence-corrected chi connectivity index (χ2v) is 10.8. The molecule has 0 amide bonds. The molecule has 1 saturated carbocycles. The summed E-state index contributed by atoms with van der Waals surface area (Å²) in [6.45, 7) is 13.4. The van der Waals surface area contributed by atoms with E-state index in [1.807, 2.05) is 0 Å². The van der Waals surface area contributed by atoms with Crippen molar-refractivity contribution in [1.82, 2.24) is 4.90 Å². The largest absolute Gasteiger partial charge is 0.306 e.